The Balaban J connectivity index is 1.54. The number of hydrogen-bond donors (Lipinski definition) is 0. The Morgan fingerprint density at radius 1 is 1.16 bits per heavy atom. The fourth-order valence-electron chi connectivity index (χ4n) is 3.85. The number of hydrogen-bond acceptors (Lipinski definition) is 3. The lowest BCUT2D eigenvalue weighted by Crippen LogP contribution is -2.52. The third-order valence-electron chi connectivity index (χ3n) is 5.28. The van der Waals surface area contributed by atoms with E-state index in [0.29, 0.717) is 13.1 Å². The second kappa shape index (κ2) is 8.09. The van der Waals surface area contributed by atoms with Crippen molar-refractivity contribution in [3.05, 3.63) is 29.3 Å². The molecule has 2 aliphatic rings. The van der Waals surface area contributed by atoms with Crippen molar-refractivity contribution in [2.24, 2.45) is 0 Å². The lowest BCUT2D eigenvalue weighted by atomic mass is 10.2. The number of nitrogens with zero attached hydrogens (tertiary/aromatic N) is 3. The molecule has 0 unspecified atom stereocenters. The zero-order chi connectivity index (χ0) is 17.8. The molecule has 0 radical (unpaired) electrons. The SMILES string of the molecule is CC(=O)N(CC(=O)N1CCN(c2cccc(Cl)c2)CC1)C1CCCC1. The van der Waals surface area contributed by atoms with Gasteiger partial charge in [0.2, 0.25) is 11.8 Å². The van der Waals surface area contributed by atoms with E-state index in [4.69, 9.17) is 11.6 Å². The van der Waals surface area contributed by atoms with Crippen LogP contribution >= 0.6 is 11.6 Å². The van der Waals surface area contributed by atoms with Crippen LogP contribution in [0.15, 0.2) is 24.3 Å². The maximum atomic E-state index is 12.7. The zero-order valence-corrected chi connectivity index (χ0v) is 15.5. The van der Waals surface area contributed by atoms with E-state index < -0.39 is 0 Å². The highest BCUT2D eigenvalue weighted by molar-refractivity contribution is 6.30. The van der Waals surface area contributed by atoms with Gasteiger partial charge in [-0.3, -0.25) is 9.59 Å². The molecule has 1 aromatic carbocycles. The monoisotopic (exact) mass is 363 g/mol. The molecule has 1 saturated carbocycles. The second-order valence-corrected chi connectivity index (χ2v) is 7.37. The zero-order valence-electron chi connectivity index (χ0n) is 14.8. The first-order valence-corrected chi connectivity index (χ1v) is 9.48. The quantitative estimate of drug-likeness (QED) is 0.826. The van der Waals surface area contributed by atoms with Crippen molar-refractivity contribution in [2.45, 2.75) is 38.6 Å². The molecule has 2 amide bonds. The minimum Gasteiger partial charge on any atom is -0.368 e. The van der Waals surface area contributed by atoms with Crippen molar-refractivity contribution in [1.82, 2.24) is 9.80 Å². The van der Waals surface area contributed by atoms with E-state index >= 15 is 0 Å². The predicted octanol–water partition coefficient (Wildman–Crippen LogP) is 2.78. The lowest BCUT2D eigenvalue weighted by Gasteiger charge is -2.37. The fourth-order valence-corrected chi connectivity index (χ4v) is 4.03. The third kappa shape index (κ3) is 4.46. The van der Waals surface area contributed by atoms with Crippen LogP contribution in [-0.4, -0.2) is 60.4 Å². The number of anilines is 1. The fraction of sp³-hybridized carbons (Fsp3) is 0.579. The first-order chi connectivity index (χ1) is 12.0. The summed E-state index contributed by atoms with van der Waals surface area (Å²) >= 11 is 6.06. The molecule has 6 heteroatoms. The molecule has 25 heavy (non-hydrogen) atoms. The number of halogens is 1. The van der Waals surface area contributed by atoms with Crippen LogP contribution in [0.1, 0.15) is 32.6 Å². The number of amides is 2. The first kappa shape index (κ1) is 18.1. The Labute approximate surface area is 154 Å². The van der Waals surface area contributed by atoms with Gasteiger partial charge in [0.15, 0.2) is 0 Å². The van der Waals surface area contributed by atoms with Gasteiger partial charge in [-0.15, -0.1) is 0 Å². The topological polar surface area (TPSA) is 43.9 Å². The van der Waals surface area contributed by atoms with Gasteiger partial charge >= 0.3 is 0 Å². The maximum Gasteiger partial charge on any atom is 0.242 e. The van der Waals surface area contributed by atoms with E-state index in [1.807, 2.05) is 29.2 Å². The molecule has 136 valence electrons. The van der Waals surface area contributed by atoms with Gasteiger partial charge in [-0.25, -0.2) is 0 Å². The van der Waals surface area contributed by atoms with Crippen LogP contribution in [0.5, 0.6) is 0 Å². The molecule has 0 atom stereocenters. The van der Waals surface area contributed by atoms with E-state index in [1.54, 1.807) is 11.8 Å². The maximum absolute atomic E-state index is 12.7. The van der Waals surface area contributed by atoms with Crippen molar-refractivity contribution in [3.8, 4) is 0 Å². The van der Waals surface area contributed by atoms with Gasteiger partial charge in [-0.2, -0.15) is 0 Å². The first-order valence-electron chi connectivity index (χ1n) is 9.10. The largest absolute Gasteiger partial charge is 0.368 e. The Morgan fingerprint density at radius 3 is 2.44 bits per heavy atom. The summed E-state index contributed by atoms with van der Waals surface area (Å²) in [6, 6.07) is 8.05. The van der Waals surface area contributed by atoms with Gasteiger partial charge in [0, 0.05) is 49.9 Å². The van der Waals surface area contributed by atoms with Crippen LogP contribution in [0, 0.1) is 0 Å². The molecule has 1 aromatic rings. The molecule has 0 aromatic heterocycles. The molecule has 5 nitrogen and oxygen atoms in total. The van der Waals surface area contributed by atoms with E-state index in [9.17, 15) is 9.59 Å². The average molecular weight is 364 g/mol. The molecule has 0 spiro atoms. The minimum atomic E-state index is 0.0119. The van der Waals surface area contributed by atoms with Crippen molar-refractivity contribution < 1.29 is 9.59 Å². The van der Waals surface area contributed by atoms with Crippen LogP contribution in [0.3, 0.4) is 0 Å². The molecule has 0 N–H and O–H groups in total. The van der Waals surface area contributed by atoms with Gasteiger partial charge in [0.05, 0.1) is 6.54 Å². The standard InChI is InChI=1S/C19H26ClN3O2/c1-15(24)23(17-6-2-3-7-17)14-19(25)22-11-9-21(10-12-22)18-8-4-5-16(20)13-18/h4-5,8,13,17H,2-3,6-7,9-12,14H2,1H3. The highest BCUT2D eigenvalue weighted by Crippen LogP contribution is 2.24. The summed E-state index contributed by atoms with van der Waals surface area (Å²) in [6.45, 7) is 4.73. The summed E-state index contributed by atoms with van der Waals surface area (Å²) in [5.41, 5.74) is 1.09. The Bertz CT molecular complexity index is 623. The van der Waals surface area contributed by atoms with E-state index in [2.05, 4.69) is 4.90 Å². The van der Waals surface area contributed by atoms with Gasteiger partial charge in [0.25, 0.3) is 0 Å². The number of carbonyl (C=O) groups is 2. The molecule has 0 bridgehead atoms. The number of carbonyl (C=O) groups excluding carboxylic acids is 2. The highest BCUT2D eigenvalue weighted by Gasteiger charge is 2.29. The van der Waals surface area contributed by atoms with Crippen LogP contribution in [0.2, 0.25) is 5.02 Å². The Morgan fingerprint density at radius 2 is 1.84 bits per heavy atom. The summed E-state index contributed by atoms with van der Waals surface area (Å²) in [6.07, 6.45) is 4.35. The Hall–Kier alpha value is -1.75. The summed E-state index contributed by atoms with van der Waals surface area (Å²) in [4.78, 5) is 30.5. The van der Waals surface area contributed by atoms with Crippen LogP contribution in [0.25, 0.3) is 0 Å². The molecule has 3 rings (SSSR count). The predicted molar refractivity (Wildman–Crippen MR) is 99.9 cm³/mol. The van der Waals surface area contributed by atoms with Crippen LogP contribution in [-0.2, 0) is 9.59 Å². The van der Waals surface area contributed by atoms with Crippen molar-refractivity contribution in [3.63, 3.8) is 0 Å². The number of piperazine rings is 1. The van der Waals surface area contributed by atoms with Gasteiger partial charge in [-0.05, 0) is 31.0 Å². The number of benzene rings is 1. The van der Waals surface area contributed by atoms with Gasteiger partial charge < -0.3 is 14.7 Å². The van der Waals surface area contributed by atoms with Crippen LogP contribution < -0.4 is 4.90 Å². The normalized spacial score (nSPS) is 18.5. The molecular formula is C19H26ClN3O2. The third-order valence-corrected chi connectivity index (χ3v) is 5.52. The number of rotatable bonds is 4. The van der Waals surface area contributed by atoms with E-state index in [1.165, 1.54) is 0 Å². The summed E-state index contributed by atoms with van der Waals surface area (Å²) in [5.74, 6) is 0.0747. The molecule has 1 aliphatic carbocycles. The average Bonchev–Trinajstić information content (AvgIpc) is 3.13. The van der Waals surface area contributed by atoms with Crippen LogP contribution in [0.4, 0.5) is 5.69 Å². The summed E-state index contributed by atoms with van der Waals surface area (Å²) < 4.78 is 0. The van der Waals surface area contributed by atoms with E-state index in [-0.39, 0.29) is 24.4 Å². The molecule has 1 saturated heterocycles. The lowest BCUT2D eigenvalue weighted by molar-refractivity contribution is -0.141. The van der Waals surface area contributed by atoms with Crippen molar-refractivity contribution in [1.29, 1.82) is 0 Å². The van der Waals surface area contributed by atoms with Gasteiger partial charge in [-0.1, -0.05) is 30.5 Å². The highest BCUT2D eigenvalue weighted by atomic mass is 35.5. The Kier molecular flexibility index (Phi) is 5.84. The van der Waals surface area contributed by atoms with Gasteiger partial charge in [0.1, 0.15) is 0 Å². The summed E-state index contributed by atoms with van der Waals surface area (Å²) in [5, 5.41) is 0.727. The molecular weight excluding hydrogens is 338 g/mol. The van der Waals surface area contributed by atoms with Crippen molar-refractivity contribution >= 4 is 29.1 Å². The van der Waals surface area contributed by atoms with Crippen molar-refractivity contribution in [2.75, 3.05) is 37.6 Å². The summed E-state index contributed by atoms with van der Waals surface area (Å²) in [7, 11) is 0. The minimum absolute atomic E-state index is 0.0119. The molecule has 2 fully saturated rings. The molecule has 1 aliphatic heterocycles. The smallest absolute Gasteiger partial charge is 0.242 e. The second-order valence-electron chi connectivity index (χ2n) is 6.93. The van der Waals surface area contributed by atoms with E-state index in [0.717, 1.165) is 49.5 Å². The molecule has 1 heterocycles.